The fourth-order valence-electron chi connectivity index (χ4n) is 4.47. The van der Waals surface area contributed by atoms with Crippen LogP contribution in [0.5, 0.6) is 5.75 Å². The number of methoxy groups -OCH3 is 1. The highest BCUT2D eigenvalue weighted by Gasteiger charge is 2.26. The topological polar surface area (TPSA) is 37.7 Å². The Bertz CT molecular complexity index is 1250. The SMILES string of the molecule is COc1ccccc1N1CCN(C(=O)c2cc3ccsc3n2Cc2ccccc2C)CC1. The number of aryl methyl sites for hydroxylation is 1. The molecule has 0 N–H and O–H groups in total. The van der Waals surface area contributed by atoms with Crippen LogP contribution in [-0.2, 0) is 6.54 Å². The van der Waals surface area contributed by atoms with Crippen molar-refractivity contribution in [1.29, 1.82) is 0 Å². The van der Waals surface area contributed by atoms with Gasteiger partial charge in [-0.1, -0.05) is 36.4 Å². The molecule has 0 atom stereocenters. The molecule has 0 spiro atoms. The van der Waals surface area contributed by atoms with E-state index in [1.807, 2.05) is 23.1 Å². The van der Waals surface area contributed by atoms with Gasteiger partial charge in [-0.2, -0.15) is 0 Å². The standard InChI is InChI=1S/C26H27N3O2S/c1-19-7-3-4-8-21(19)18-29-23(17-20-11-16-32-26(20)29)25(30)28-14-12-27(13-15-28)22-9-5-6-10-24(22)31-2/h3-11,16-17H,12-15,18H2,1-2H3. The van der Waals surface area contributed by atoms with E-state index in [0.717, 1.165) is 40.4 Å². The van der Waals surface area contributed by atoms with E-state index < -0.39 is 0 Å². The second-order valence-corrected chi connectivity index (χ2v) is 9.07. The van der Waals surface area contributed by atoms with E-state index in [4.69, 9.17) is 4.74 Å². The molecule has 0 bridgehead atoms. The lowest BCUT2D eigenvalue weighted by Crippen LogP contribution is -2.49. The number of anilines is 1. The van der Waals surface area contributed by atoms with E-state index in [0.29, 0.717) is 19.6 Å². The van der Waals surface area contributed by atoms with Crippen molar-refractivity contribution in [1.82, 2.24) is 9.47 Å². The van der Waals surface area contributed by atoms with Gasteiger partial charge in [-0.25, -0.2) is 0 Å². The van der Waals surface area contributed by atoms with Gasteiger partial charge in [-0.05, 0) is 47.7 Å². The second kappa shape index (κ2) is 8.71. The molecule has 5 rings (SSSR count). The summed E-state index contributed by atoms with van der Waals surface area (Å²) in [6.07, 6.45) is 0. The zero-order valence-electron chi connectivity index (χ0n) is 18.5. The minimum absolute atomic E-state index is 0.113. The second-order valence-electron chi connectivity index (χ2n) is 8.17. The zero-order valence-corrected chi connectivity index (χ0v) is 19.3. The smallest absolute Gasteiger partial charge is 0.270 e. The van der Waals surface area contributed by atoms with Gasteiger partial charge in [0.1, 0.15) is 16.3 Å². The van der Waals surface area contributed by atoms with Gasteiger partial charge in [0.2, 0.25) is 0 Å². The van der Waals surface area contributed by atoms with Gasteiger partial charge in [0.05, 0.1) is 12.8 Å². The van der Waals surface area contributed by atoms with Crippen LogP contribution in [0.2, 0.25) is 0 Å². The van der Waals surface area contributed by atoms with Crippen molar-refractivity contribution in [3.63, 3.8) is 0 Å². The van der Waals surface area contributed by atoms with E-state index in [2.05, 4.69) is 64.2 Å². The van der Waals surface area contributed by atoms with E-state index >= 15 is 0 Å². The lowest BCUT2D eigenvalue weighted by Gasteiger charge is -2.36. The van der Waals surface area contributed by atoms with Crippen LogP contribution in [0.25, 0.3) is 10.2 Å². The summed E-state index contributed by atoms with van der Waals surface area (Å²) in [6, 6.07) is 20.6. The van der Waals surface area contributed by atoms with Gasteiger partial charge in [-0.3, -0.25) is 4.79 Å². The summed E-state index contributed by atoms with van der Waals surface area (Å²) in [6.45, 7) is 5.81. The van der Waals surface area contributed by atoms with Crippen molar-refractivity contribution >= 4 is 33.1 Å². The van der Waals surface area contributed by atoms with Crippen LogP contribution in [0.15, 0.2) is 66.0 Å². The quantitative estimate of drug-likeness (QED) is 0.432. The molecule has 4 aromatic rings. The number of carbonyl (C=O) groups excluding carboxylic acids is 1. The van der Waals surface area contributed by atoms with Crippen molar-refractivity contribution in [2.75, 3.05) is 38.2 Å². The van der Waals surface area contributed by atoms with Crippen LogP contribution in [-0.4, -0.2) is 48.7 Å². The maximum Gasteiger partial charge on any atom is 0.270 e. The molecular formula is C26H27N3O2S. The molecule has 164 valence electrons. The first-order valence-electron chi connectivity index (χ1n) is 10.9. The highest BCUT2D eigenvalue weighted by molar-refractivity contribution is 7.16. The molecule has 0 saturated carbocycles. The summed E-state index contributed by atoms with van der Waals surface area (Å²) in [5.74, 6) is 0.987. The molecule has 1 aliphatic heterocycles. The van der Waals surface area contributed by atoms with Gasteiger partial charge in [0.25, 0.3) is 5.91 Å². The monoisotopic (exact) mass is 445 g/mol. The summed E-state index contributed by atoms with van der Waals surface area (Å²) in [4.78, 5) is 19.0. The number of nitrogens with zero attached hydrogens (tertiary/aromatic N) is 3. The molecule has 1 saturated heterocycles. The molecule has 32 heavy (non-hydrogen) atoms. The van der Waals surface area contributed by atoms with Crippen molar-refractivity contribution < 1.29 is 9.53 Å². The van der Waals surface area contributed by atoms with Crippen LogP contribution in [0.1, 0.15) is 21.6 Å². The van der Waals surface area contributed by atoms with Gasteiger partial charge >= 0.3 is 0 Å². The van der Waals surface area contributed by atoms with Gasteiger partial charge in [-0.15, -0.1) is 11.3 Å². The number of hydrogen-bond acceptors (Lipinski definition) is 4. The van der Waals surface area contributed by atoms with Crippen molar-refractivity contribution in [2.24, 2.45) is 0 Å². The number of thiophene rings is 1. The fraction of sp³-hybridized carbons (Fsp3) is 0.269. The molecule has 3 heterocycles. The summed E-state index contributed by atoms with van der Waals surface area (Å²) in [5.41, 5.74) is 4.36. The average Bonchev–Trinajstić information content (AvgIpc) is 3.42. The number of ether oxygens (including phenoxy) is 1. The Kier molecular flexibility index (Phi) is 5.62. The number of amides is 1. The van der Waals surface area contributed by atoms with E-state index in [9.17, 15) is 4.79 Å². The van der Waals surface area contributed by atoms with Crippen LogP contribution in [0.4, 0.5) is 5.69 Å². The molecule has 1 amide bonds. The van der Waals surface area contributed by atoms with E-state index in [1.165, 1.54) is 11.1 Å². The first-order chi connectivity index (χ1) is 15.7. The van der Waals surface area contributed by atoms with Crippen molar-refractivity contribution in [3.8, 4) is 5.75 Å². The third-order valence-electron chi connectivity index (χ3n) is 6.30. The number of aromatic nitrogens is 1. The maximum absolute atomic E-state index is 13.6. The van der Waals surface area contributed by atoms with Crippen LogP contribution < -0.4 is 9.64 Å². The number of carbonyl (C=O) groups is 1. The molecule has 2 aromatic heterocycles. The number of piperazine rings is 1. The van der Waals surface area contributed by atoms with Gasteiger partial charge in [0.15, 0.2) is 0 Å². The maximum atomic E-state index is 13.6. The Balaban J connectivity index is 1.38. The Morgan fingerprint density at radius 1 is 1.00 bits per heavy atom. The minimum Gasteiger partial charge on any atom is -0.495 e. The largest absolute Gasteiger partial charge is 0.495 e. The van der Waals surface area contributed by atoms with E-state index in [-0.39, 0.29) is 5.91 Å². The van der Waals surface area contributed by atoms with Crippen LogP contribution in [0.3, 0.4) is 0 Å². The van der Waals surface area contributed by atoms with E-state index in [1.54, 1.807) is 18.4 Å². The Labute approximate surface area is 192 Å². The molecule has 1 fully saturated rings. The van der Waals surface area contributed by atoms with Crippen molar-refractivity contribution in [2.45, 2.75) is 13.5 Å². The molecule has 2 aromatic carbocycles. The third-order valence-corrected chi connectivity index (χ3v) is 7.26. The average molecular weight is 446 g/mol. The summed E-state index contributed by atoms with van der Waals surface area (Å²) in [7, 11) is 1.70. The predicted octanol–water partition coefficient (Wildman–Crippen LogP) is 5.03. The summed E-state index contributed by atoms with van der Waals surface area (Å²) < 4.78 is 7.72. The van der Waals surface area contributed by atoms with Crippen molar-refractivity contribution in [3.05, 3.63) is 82.9 Å². The summed E-state index contributed by atoms with van der Waals surface area (Å²) in [5, 5.41) is 3.24. The highest BCUT2D eigenvalue weighted by Crippen LogP contribution is 2.30. The predicted molar refractivity (Wildman–Crippen MR) is 131 cm³/mol. The number of benzene rings is 2. The first-order valence-corrected chi connectivity index (χ1v) is 11.8. The van der Waals surface area contributed by atoms with Gasteiger partial charge < -0.3 is 19.1 Å². The minimum atomic E-state index is 0.113. The lowest BCUT2D eigenvalue weighted by molar-refractivity contribution is 0.0737. The molecule has 0 aliphatic carbocycles. The van der Waals surface area contributed by atoms with Gasteiger partial charge in [0, 0.05) is 38.1 Å². The molecular weight excluding hydrogens is 418 g/mol. The first kappa shape index (κ1) is 20.6. The molecule has 6 heteroatoms. The number of fused-ring (bicyclic) bond motifs is 1. The summed E-state index contributed by atoms with van der Waals surface area (Å²) >= 11 is 1.70. The molecule has 0 unspecified atom stereocenters. The Morgan fingerprint density at radius 2 is 1.75 bits per heavy atom. The highest BCUT2D eigenvalue weighted by atomic mass is 32.1. The lowest BCUT2D eigenvalue weighted by atomic mass is 10.1. The Hall–Kier alpha value is -3.25. The number of rotatable bonds is 5. The molecule has 0 radical (unpaired) electrons. The number of para-hydroxylation sites is 2. The normalized spacial score (nSPS) is 14.2. The fourth-order valence-corrected chi connectivity index (χ4v) is 5.37. The van der Waals surface area contributed by atoms with Crippen LogP contribution >= 0.6 is 11.3 Å². The Morgan fingerprint density at radius 3 is 2.53 bits per heavy atom. The molecule has 1 aliphatic rings. The zero-order chi connectivity index (χ0) is 22.1. The van der Waals surface area contributed by atoms with Crippen LogP contribution in [0, 0.1) is 6.92 Å². The third kappa shape index (κ3) is 3.75. The molecule has 5 nitrogen and oxygen atoms in total. The number of hydrogen-bond donors (Lipinski definition) is 0.